The number of alkyl halides is 3. The van der Waals surface area contributed by atoms with Crippen LogP contribution in [0.25, 0.3) is 0 Å². The third-order valence-electron chi connectivity index (χ3n) is 4.23. The van der Waals surface area contributed by atoms with E-state index in [9.17, 15) is 13.2 Å². The summed E-state index contributed by atoms with van der Waals surface area (Å²) in [6.45, 7) is 10.7. The highest BCUT2D eigenvalue weighted by Gasteiger charge is 2.36. The Bertz CT molecular complexity index is 836. The van der Waals surface area contributed by atoms with Gasteiger partial charge in [-0.05, 0) is 25.0 Å². The Hall–Kier alpha value is -2.15. The Morgan fingerprint density at radius 3 is 2.50 bits per heavy atom. The number of aryl methyl sites for hydroxylation is 2. The molecule has 0 aliphatic carbocycles. The number of benzene rings is 1. The fraction of sp³-hybridized carbons (Fsp3) is 0.381. The molecule has 1 aliphatic heterocycles. The molecule has 7 heteroatoms. The summed E-state index contributed by atoms with van der Waals surface area (Å²) < 4.78 is 39.7. The molecule has 1 aromatic heterocycles. The van der Waals surface area contributed by atoms with E-state index in [0.717, 1.165) is 26.9 Å². The Morgan fingerprint density at radius 1 is 1.29 bits per heavy atom. The lowest BCUT2D eigenvalue weighted by atomic mass is 10.1. The van der Waals surface area contributed by atoms with Crippen molar-refractivity contribution in [3.8, 4) is 0 Å². The number of rotatable bonds is 5. The van der Waals surface area contributed by atoms with Crippen LogP contribution in [0.5, 0.6) is 0 Å². The van der Waals surface area contributed by atoms with Gasteiger partial charge in [0.05, 0.1) is 10.9 Å². The summed E-state index contributed by atoms with van der Waals surface area (Å²) in [5.74, 6) is 0. The maximum Gasteiger partial charge on any atom is 0.433 e. The van der Waals surface area contributed by atoms with Crippen LogP contribution in [-0.4, -0.2) is 9.78 Å². The topological polar surface area (TPSA) is 29.9 Å². The van der Waals surface area contributed by atoms with Crippen molar-refractivity contribution < 1.29 is 13.2 Å². The first-order chi connectivity index (χ1) is 13.2. The Morgan fingerprint density at radius 2 is 1.93 bits per heavy atom. The first-order valence-corrected chi connectivity index (χ1v) is 10.1. The molecule has 1 N–H and O–H groups in total. The predicted octanol–water partition coefficient (Wildman–Crippen LogP) is 6.14. The quantitative estimate of drug-likeness (QED) is 0.643. The molecule has 1 atom stereocenters. The van der Waals surface area contributed by atoms with Crippen LogP contribution in [0.2, 0.25) is 0 Å². The van der Waals surface area contributed by atoms with Crippen LogP contribution < -0.4 is 5.32 Å². The lowest BCUT2D eigenvalue weighted by Crippen LogP contribution is -2.12. The normalized spacial score (nSPS) is 16.2. The zero-order valence-electron chi connectivity index (χ0n) is 16.6. The van der Waals surface area contributed by atoms with Crippen LogP contribution in [0, 0.1) is 6.92 Å². The zero-order chi connectivity index (χ0) is 20.9. The molecule has 0 radical (unpaired) electrons. The molecule has 3 nitrogen and oxygen atoms in total. The van der Waals surface area contributed by atoms with Gasteiger partial charge in [-0.1, -0.05) is 56.3 Å². The molecule has 1 aromatic carbocycles. The van der Waals surface area contributed by atoms with Crippen molar-refractivity contribution in [2.45, 2.75) is 45.2 Å². The van der Waals surface area contributed by atoms with Crippen molar-refractivity contribution in [3.05, 3.63) is 76.1 Å². The van der Waals surface area contributed by atoms with Crippen LogP contribution in [0.1, 0.15) is 48.0 Å². The van der Waals surface area contributed by atoms with E-state index in [4.69, 9.17) is 0 Å². The minimum absolute atomic E-state index is 0.120. The van der Waals surface area contributed by atoms with Crippen LogP contribution in [0.15, 0.2) is 53.6 Å². The van der Waals surface area contributed by atoms with Gasteiger partial charge in [0.1, 0.15) is 5.69 Å². The van der Waals surface area contributed by atoms with Crippen LogP contribution >= 0.6 is 11.8 Å². The summed E-state index contributed by atoms with van der Waals surface area (Å²) in [6, 6.07) is 9.36. The highest BCUT2D eigenvalue weighted by atomic mass is 32.2. The smallest absolute Gasteiger partial charge is 0.381 e. The molecule has 0 fully saturated rings. The molecule has 0 saturated heterocycles. The number of allylic oxidation sites excluding steroid dienone is 1. The van der Waals surface area contributed by atoms with E-state index < -0.39 is 11.9 Å². The van der Waals surface area contributed by atoms with Crippen molar-refractivity contribution in [1.29, 1.82) is 0 Å². The summed E-state index contributed by atoms with van der Waals surface area (Å²) >= 11 is 1.50. The molecule has 1 unspecified atom stereocenters. The lowest BCUT2D eigenvalue weighted by Gasteiger charge is -2.12. The van der Waals surface area contributed by atoms with Gasteiger partial charge in [0.15, 0.2) is 0 Å². The average molecular weight is 410 g/mol. The van der Waals surface area contributed by atoms with Gasteiger partial charge in [0.2, 0.25) is 0 Å². The first kappa shape index (κ1) is 22.1. The van der Waals surface area contributed by atoms with Gasteiger partial charge in [-0.15, -0.1) is 11.8 Å². The maximum atomic E-state index is 12.9. The second kappa shape index (κ2) is 9.37. The number of hydrogen-bond donors (Lipinski definition) is 1. The predicted molar refractivity (Wildman–Crippen MR) is 110 cm³/mol. The van der Waals surface area contributed by atoms with Crippen molar-refractivity contribution in [1.82, 2.24) is 15.1 Å². The standard InChI is InChI=1S/C19H20F3N3S.C2H6/c1-12-4-6-14(7-5-12)11-23-13(2)16-8-9-17(26-16)15-10-18(19(20,21)22)25(3)24-15;1-2/h4-8,10,17,23H,2,9,11H2,1,3H3;1-2H3. The van der Waals surface area contributed by atoms with Crippen LogP contribution in [0.4, 0.5) is 13.2 Å². The minimum atomic E-state index is -4.39. The largest absolute Gasteiger partial charge is 0.433 e. The fourth-order valence-electron chi connectivity index (χ4n) is 2.75. The van der Waals surface area contributed by atoms with E-state index in [1.807, 2.05) is 26.8 Å². The van der Waals surface area contributed by atoms with Crippen molar-refractivity contribution >= 4 is 11.8 Å². The summed E-state index contributed by atoms with van der Waals surface area (Å²) in [6.07, 6.45) is -1.75. The number of thioether (sulfide) groups is 1. The van der Waals surface area contributed by atoms with Crippen LogP contribution in [0.3, 0.4) is 0 Å². The van der Waals surface area contributed by atoms with Gasteiger partial charge in [-0.2, -0.15) is 18.3 Å². The highest BCUT2D eigenvalue weighted by Crippen LogP contribution is 2.46. The monoisotopic (exact) mass is 409 g/mol. The third kappa shape index (κ3) is 5.44. The molecule has 0 amide bonds. The lowest BCUT2D eigenvalue weighted by molar-refractivity contribution is -0.143. The molecule has 0 saturated carbocycles. The fourth-order valence-corrected chi connectivity index (χ4v) is 3.89. The van der Waals surface area contributed by atoms with Gasteiger partial charge in [-0.3, -0.25) is 4.68 Å². The van der Waals surface area contributed by atoms with Gasteiger partial charge in [0.25, 0.3) is 0 Å². The molecule has 2 heterocycles. The van der Waals surface area contributed by atoms with Gasteiger partial charge in [0, 0.05) is 24.2 Å². The molecular formula is C21H26F3N3S. The SMILES string of the molecule is C=C(NCc1ccc(C)cc1)C1=CCC(c2cc(C(F)(F)F)n(C)n2)S1.CC. The molecule has 0 spiro atoms. The summed E-state index contributed by atoms with van der Waals surface area (Å²) in [4.78, 5) is 0.960. The van der Waals surface area contributed by atoms with Crippen molar-refractivity contribution in [2.24, 2.45) is 7.05 Å². The average Bonchev–Trinajstić information content (AvgIpc) is 3.29. The number of halogens is 3. The third-order valence-corrected chi connectivity index (χ3v) is 5.61. The number of aromatic nitrogens is 2. The minimum Gasteiger partial charge on any atom is -0.381 e. The van der Waals surface area contributed by atoms with Gasteiger partial charge < -0.3 is 5.32 Å². The van der Waals surface area contributed by atoms with Crippen molar-refractivity contribution in [3.63, 3.8) is 0 Å². The van der Waals surface area contributed by atoms with E-state index in [1.54, 1.807) is 0 Å². The second-order valence-corrected chi connectivity index (χ2v) is 7.55. The summed E-state index contributed by atoms with van der Waals surface area (Å²) in [7, 11) is 1.32. The number of nitrogens with zero attached hydrogens (tertiary/aromatic N) is 2. The Balaban J connectivity index is 0.00000136. The summed E-state index contributed by atoms with van der Waals surface area (Å²) in [5, 5.41) is 7.21. The van der Waals surface area contributed by atoms with E-state index in [2.05, 4.69) is 41.3 Å². The molecule has 28 heavy (non-hydrogen) atoms. The Labute approximate surface area is 168 Å². The molecule has 3 rings (SSSR count). The van der Waals surface area contributed by atoms with Gasteiger partial charge in [-0.25, -0.2) is 0 Å². The number of hydrogen-bond acceptors (Lipinski definition) is 3. The zero-order valence-corrected chi connectivity index (χ0v) is 17.4. The highest BCUT2D eigenvalue weighted by molar-refractivity contribution is 8.03. The molecular weight excluding hydrogens is 383 g/mol. The van der Waals surface area contributed by atoms with E-state index >= 15 is 0 Å². The molecule has 1 aliphatic rings. The van der Waals surface area contributed by atoms with Crippen LogP contribution in [-0.2, 0) is 19.8 Å². The Kier molecular flexibility index (Phi) is 7.41. The van der Waals surface area contributed by atoms with Crippen molar-refractivity contribution in [2.75, 3.05) is 0 Å². The molecule has 152 valence electrons. The number of nitrogens with one attached hydrogen (secondary N) is 1. The van der Waals surface area contributed by atoms with E-state index in [-0.39, 0.29) is 5.25 Å². The first-order valence-electron chi connectivity index (χ1n) is 9.20. The van der Waals surface area contributed by atoms with E-state index in [1.165, 1.54) is 24.4 Å². The van der Waals surface area contributed by atoms with E-state index in [0.29, 0.717) is 18.7 Å². The van der Waals surface area contributed by atoms with Gasteiger partial charge >= 0.3 is 6.18 Å². The summed E-state index contributed by atoms with van der Waals surface area (Å²) in [5.41, 5.74) is 2.86. The molecule has 0 bridgehead atoms. The molecule has 2 aromatic rings. The second-order valence-electron chi connectivity index (χ2n) is 6.30. The maximum absolute atomic E-state index is 12.9.